The van der Waals surface area contributed by atoms with Crippen molar-refractivity contribution in [2.24, 2.45) is 5.92 Å². The van der Waals surface area contributed by atoms with Crippen LogP contribution in [0.5, 0.6) is 0 Å². The van der Waals surface area contributed by atoms with E-state index in [4.69, 9.17) is 4.74 Å². The molecule has 0 spiro atoms. The Balaban J connectivity index is 1.43. The van der Waals surface area contributed by atoms with Crippen LogP contribution >= 0.6 is 0 Å². The largest absolute Gasteiger partial charge is 0.379 e. The Kier molecular flexibility index (Phi) is 8.23. The van der Waals surface area contributed by atoms with Crippen LogP contribution in [-0.2, 0) is 29.6 Å². The maximum absolute atomic E-state index is 12.5. The molecular weight excluding hydrogens is 442 g/mol. The molecule has 0 saturated carbocycles. The summed E-state index contributed by atoms with van der Waals surface area (Å²) in [4.78, 5) is 12.4. The summed E-state index contributed by atoms with van der Waals surface area (Å²) in [6, 6.07) is 9.18. The highest BCUT2D eigenvalue weighted by atomic mass is 32.2. The van der Waals surface area contributed by atoms with Gasteiger partial charge in [0.25, 0.3) is 0 Å². The van der Waals surface area contributed by atoms with Gasteiger partial charge in [-0.2, -0.15) is 8.61 Å². The van der Waals surface area contributed by atoms with Crippen LogP contribution < -0.4 is 5.32 Å². The van der Waals surface area contributed by atoms with Gasteiger partial charge in [0.2, 0.25) is 26.0 Å². The van der Waals surface area contributed by atoms with Crippen molar-refractivity contribution < 1.29 is 26.4 Å². The van der Waals surface area contributed by atoms with E-state index in [2.05, 4.69) is 5.32 Å². The molecule has 9 nitrogen and oxygen atoms in total. The topological polar surface area (TPSA) is 113 Å². The van der Waals surface area contributed by atoms with Crippen LogP contribution in [0.25, 0.3) is 6.08 Å². The second kappa shape index (κ2) is 10.7. The highest BCUT2D eigenvalue weighted by Gasteiger charge is 2.30. The van der Waals surface area contributed by atoms with E-state index in [0.717, 1.165) is 5.56 Å². The fraction of sp³-hybridized carbons (Fsp3) is 0.550. The van der Waals surface area contributed by atoms with Gasteiger partial charge in [0.15, 0.2) is 0 Å². The van der Waals surface area contributed by atoms with Gasteiger partial charge in [0.05, 0.1) is 19.0 Å². The highest BCUT2D eigenvalue weighted by molar-refractivity contribution is 7.92. The van der Waals surface area contributed by atoms with E-state index in [-0.39, 0.29) is 37.2 Å². The Bertz CT molecular complexity index is 965. The fourth-order valence-corrected chi connectivity index (χ4v) is 6.13. The van der Waals surface area contributed by atoms with E-state index in [1.807, 2.05) is 30.3 Å². The summed E-state index contributed by atoms with van der Waals surface area (Å²) in [5, 5.41) is 3.88. The van der Waals surface area contributed by atoms with Crippen molar-refractivity contribution in [2.75, 3.05) is 51.7 Å². The van der Waals surface area contributed by atoms with Gasteiger partial charge in [-0.05, 0) is 24.5 Å². The number of rotatable bonds is 8. The van der Waals surface area contributed by atoms with E-state index >= 15 is 0 Å². The molecule has 2 fully saturated rings. The predicted octanol–water partition coefficient (Wildman–Crippen LogP) is 0.477. The Morgan fingerprint density at radius 1 is 1.00 bits per heavy atom. The molecule has 1 amide bonds. The van der Waals surface area contributed by atoms with E-state index in [9.17, 15) is 21.6 Å². The lowest BCUT2D eigenvalue weighted by Crippen LogP contribution is -2.45. The molecule has 0 unspecified atom stereocenters. The maximum atomic E-state index is 12.5. The number of sulfonamides is 2. The van der Waals surface area contributed by atoms with Crippen LogP contribution in [0.3, 0.4) is 0 Å². The zero-order valence-electron chi connectivity index (χ0n) is 17.4. The Labute approximate surface area is 184 Å². The standard InChI is InChI=1S/C20H29N3O6S2/c24-20(21-9-17-31(27,28)23-12-14-29-15-13-23)19-6-10-22(11-7-19)30(25,26)16-8-18-4-2-1-3-5-18/h1-5,8,16,19H,6-7,9-15,17H2,(H,21,24)/b16-8+. The first-order valence-corrected chi connectivity index (χ1v) is 13.5. The molecule has 31 heavy (non-hydrogen) atoms. The molecule has 0 radical (unpaired) electrons. The van der Waals surface area contributed by atoms with E-state index < -0.39 is 20.0 Å². The van der Waals surface area contributed by atoms with Gasteiger partial charge in [0, 0.05) is 44.0 Å². The monoisotopic (exact) mass is 471 g/mol. The van der Waals surface area contributed by atoms with Crippen molar-refractivity contribution in [3.8, 4) is 0 Å². The van der Waals surface area contributed by atoms with Gasteiger partial charge in [0.1, 0.15) is 0 Å². The molecule has 2 heterocycles. The number of ether oxygens (including phenoxy) is 1. The van der Waals surface area contributed by atoms with E-state index in [1.165, 1.54) is 14.0 Å². The van der Waals surface area contributed by atoms with Crippen molar-refractivity contribution in [3.63, 3.8) is 0 Å². The summed E-state index contributed by atoms with van der Waals surface area (Å²) in [6.45, 7) is 1.99. The molecular formula is C20H29N3O6S2. The Hall–Kier alpha value is -1.79. The third kappa shape index (κ3) is 6.84. The minimum Gasteiger partial charge on any atom is -0.379 e. The molecule has 0 bridgehead atoms. The first-order valence-electron chi connectivity index (χ1n) is 10.3. The Morgan fingerprint density at radius 3 is 2.29 bits per heavy atom. The molecule has 0 aromatic heterocycles. The first-order chi connectivity index (χ1) is 14.8. The van der Waals surface area contributed by atoms with Gasteiger partial charge in [-0.1, -0.05) is 30.3 Å². The zero-order valence-corrected chi connectivity index (χ0v) is 19.0. The summed E-state index contributed by atoms with van der Waals surface area (Å²) in [5.41, 5.74) is 0.798. The van der Waals surface area contributed by atoms with Crippen molar-refractivity contribution in [2.45, 2.75) is 12.8 Å². The summed E-state index contributed by atoms with van der Waals surface area (Å²) < 4.78 is 57.6. The zero-order chi connectivity index (χ0) is 22.3. The van der Waals surface area contributed by atoms with Crippen LogP contribution in [0.1, 0.15) is 18.4 Å². The van der Waals surface area contributed by atoms with Crippen molar-refractivity contribution in [1.82, 2.24) is 13.9 Å². The SMILES string of the molecule is O=C(NCCS(=O)(=O)N1CCOCC1)C1CCN(S(=O)(=O)/C=C/c2ccccc2)CC1. The number of nitrogens with zero attached hydrogens (tertiary/aromatic N) is 2. The maximum Gasteiger partial charge on any atom is 0.236 e. The summed E-state index contributed by atoms with van der Waals surface area (Å²) >= 11 is 0. The first kappa shape index (κ1) is 23.9. The second-order valence-electron chi connectivity index (χ2n) is 7.55. The van der Waals surface area contributed by atoms with Crippen LogP contribution in [0.4, 0.5) is 0 Å². The number of hydrogen-bond donors (Lipinski definition) is 1. The van der Waals surface area contributed by atoms with Crippen LogP contribution in [0.15, 0.2) is 35.7 Å². The lowest BCUT2D eigenvalue weighted by atomic mass is 9.97. The highest BCUT2D eigenvalue weighted by Crippen LogP contribution is 2.21. The van der Waals surface area contributed by atoms with Gasteiger partial charge in [-0.25, -0.2) is 16.8 Å². The van der Waals surface area contributed by atoms with Crippen molar-refractivity contribution in [3.05, 3.63) is 41.3 Å². The number of nitrogens with one attached hydrogen (secondary N) is 1. The van der Waals surface area contributed by atoms with Crippen LogP contribution in [0.2, 0.25) is 0 Å². The molecule has 1 aromatic carbocycles. The average Bonchev–Trinajstić information content (AvgIpc) is 2.79. The fourth-order valence-electron chi connectivity index (χ4n) is 3.59. The number of benzene rings is 1. The van der Waals surface area contributed by atoms with Gasteiger partial charge in [-0.3, -0.25) is 4.79 Å². The van der Waals surface area contributed by atoms with E-state index in [0.29, 0.717) is 39.1 Å². The number of morpholine rings is 1. The van der Waals surface area contributed by atoms with Crippen molar-refractivity contribution in [1.29, 1.82) is 0 Å². The predicted molar refractivity (Wildman–Crippen MR) is 118 cm³/mol. The summed E-state index contributed by atoms with van der Waals surface area (Å²) in [5.74, 6) is -0.708. The normalized spacial score (nSPS) is 20.1. The lowest BCUT2D eigenvalue weighted by molar-refractivity contribution is -0.125. The number of hydrogen-bond acceptors (Lipinski definition) is 6. The molecule has 1 N–H and O–H groups in total. The number of amides is 1. The third-order valence-electron chi connectivity index (χ3n) is 5.44. The summed E-state index contributed by atoms with van der Waals surface area (Å²) in [7, 11) is -6.98. The number of carbonyl (C=O) groups is 1. The average molecular weight is 472 g/mol. The van der Waals surface area contributed by atoms with Gasteiger partial charge >= 0.3 is 0 Å². The molecule has 2 saturated heterocycles. The molecule has 2 aliphatic rings. The van der Waals surface area contributed by atoms with Crippen molar-refractivity contribution >= 4 is 32.0 Å². The number of carbonyl (C=O) groups excluding carboxylic acids is 1. The second-order valence-corrected chi connectivity index (χ2v) is 11.5. The molecule has 3 rings (SSSR count). The molecule has 2 aliphatic heterocycles. The quantitative estimate of drug-likeness (QED) is 0.590. The van der Waals surface area contributed by atoms with Crippen LogP contribution in [0, 0.1) is 5.92 Å². The van der Waals surface area contributed by atoms with E-state index in [1.54, 1.807) is 6.08 Å². The molecule has 0 aliphatic carbocycles. The molecule has 0 atom stereocenters. The molecule has 1 aromatic rings. The lowest BCUT2D eigenvalue weighted by Gasteiger charge is -2.30. The minimum atomic E-state index is -3.55. The van der Waals surface area contributed by atoms with Gasteiger partial charge in [-0.15, -0.1) is 0 Å². The van der Waals surface area contributed by atoms with Crippen LogP contribution in [-0.4, -0.2) is 83.0 Å². The van der Waals surface area contributed by atoms with Gasteiger partial charge < -0.3 is 10.1 Å². The minimum absolute atomic E-state index is 0.0385. The molecule has 11 heteroatoms. The summed E-state index contributed by atoms with van der Waals surface area (Å²) in [6.07, 6.45) is 2.37. The molecule has 172 valence electrons. The third-order valence-corrected chi connectivity index (χ3v) is 8.88. The smallest absolute Gasteiger partial charge is 0.236 e. The number of piperidine rings is 1. The Morgan fingerprint density at radius 2 is 1.65 bits per heavy atom.